The van der Waals surface area contributed by atoms with Crippen LogP contribution in [0.4, 0.5) is 5.82 Å². The maximum absolute atomic E-state index is 5.93. The number of rotatable bonds is 7. The molecule has 1 heterocycles. The summed E-state index contributed by atoms with van der Waals surface area (Å²) in [7, 11) is 5.72. The Kier molecular flexibility index (Phi) is 9.92. The summed E-state index contributed by atoms with van der Waals surface area (Å²) < 4.78 is 5.93. The molecule has 0 amide bonds. The van der Waals surface area contributed by atoms with Gasteiger partial charge in [0.05, 0.1) is 18.8 Å². The predicted octanol–water partition coefficient (Wildman–Crippen LogP) is 3.21. The molecule has 1 atom stereocenters. The van der Waals surface area contributed by atoms with Gasteiger partial charge in [0.2, 0.25) is 0 Å². The standard InChI is InChI=1S/C20H29N5O.HI/c1-15-8-6-10-18(12-15)26-16(2)13-22-20(21-3)23-14-17-9-7-11-19(24-17)25(4)5;/h6-12,16H,13-14H2,1-5H3,(H2,21,22,23);1H. The average Bonchev–Trinajstić information content (AvgIpc) is 2.62. The first-order valence-corrected chi connectivity index (χ1v) is 8.79. The van der Waals surface area contributed by atoms with Crippen LogP contribution < -0.4 is 20.3 Å². The second-order valence-corrected chi connectivity index (χ2v) is 6.43. The van der Waals surface area contributed by atoms with Gasteiger partial charge in [-0.15, -0.1) is 24.0 Å². The Bertz CT molecular complexity index is 736. The van der Waals surface area contributed by atoms with Crippen LogP contribution in [-0.2, 0) is 6.54 Å². The molecule has 148 valence electrons. The monoisotopic (exact) mass is 483 g/mol. The van der Waals surface area contributed by atoms with Crippen LogP contribution in [0, 0.1) is 6.92 Å². The number of ether oxygens (including phenoxy) is 1. The van der Waals surface area contributed by atoms with Crippen molar-refractivity contribution in [3.63, 3.8) is 0 Å². The number of benzene rings is 1. The minimum Gasteiger partial charge on any atom is -0.489 e. The fraction of sp³-hybridized carbons (Fsp3) is 0.400. The zero-order valence-corrected chi connectivity index (χ0v) is 19.0. The highest BCUT2D eigenvalue weighted by Gasteiger charge is 2.07. The molecule has 0 aliphatic rings. The first-order valence-electron chi connectivity index (χ1n) is 8.79. The van der Waals surface area contributed by atoms with Crippen LogP contribution in [0.5, 0.6) is 5.75 Å². The first kappa shape index (κ1) is 23.0. The van der Waals surface area contributed by atoms with Crippen molar-refractivity contribution in [1.82, 2.24) is 15.6 Å². The average molecular weight is 483 g/mol. The Balaban J connectivity index is 0.00000364. The minimum atomic E-state index is 0. The summed E-state index contributed by atoms with van der Waals surface area (Å²) in [4.78, 5) is 10.8. The molecular formula is C20H30IN5O. The van der Waals surface area contributed by atoms with E-state index in [1.54, 1.807) is 7.05 Å². The molecule has 1 unspecified atom stereocenters. The number of pyridine rings is 1. The highest BCUT2D eigenvalue weighted by Crippen LogP contribution is 2.13. The molecule has 7 heteroatoms. The van der Waals surface area contributed by atoms with Crippen molar-refractivity contribution in [3.8, 4) is 5.75 Å². The third-order valence-electron chi connectivity index (χ3n) is 3.79. The maximum Gasteiger partial charge on any atom is 0.191 e. The number of aromatic nitrogens is 1. The van der Waals surface area contributed by atoms with E-state index in [-0.39, 0.29) is 30.1 Å². The summed E-state index contributed by atoms with van der Waals surface area (Å²) in [6.45, 7) is 5.35. The van der Waals surface area contributed by atoms with Crippen LogP contribution in [0.3, 0.4) is 0 Å². The van der Waals surface area contributed by atoms with E-state index in [9.17, 15) is 0 Å². The van der Waals surface area contributed by atoms with Crippen molar-refractivity contribution in [2.45, 2.75) is 26.5 Å². The Hall–Kier alpha value is -2.03. The number of hydrogen-bond acceptors (Lipinski definition) is 4. The zero-order valence-electron chi connectivity index (χ0n) is 16.7. The molecule has 2 aromatic rings. The van der Waals surface area contributed by atoms with Gasteiger partial charge in [-0.1, -0.05) is 18.2 Å². The van der Waals surface area contributed by atoms with Gasteiger partial charge in [-0.25, -0.2) is 4.98 Å². The third kappa shape index (κ3) is 8.03. The van der Waals surface area contributed by atoms with Gasteiger partial charge >= 0.3 is 0 Å². The van der Waals surface area contributed by atoms with E-state index in [1.165, 1.54) is 5.56 Å². The van der Waals surface area contributed by atoms with Gasteiger partial charge < -0.3 is 20.3 Å². The molecule has 1 aromatic heterocycles. The normalized spacial score (nSPS) is 12.0. The Morgan fingerprint density at radius 2 is 1.93 bits per heavy atom. The zero-order chi connectivity index (χ0) is 18.9. The molecule has 0 saturated heterocycles. The highest BCUT2D eigenvalue weighted by atomic mass is 127. The van der Waals surface area contributed by atoms with Crippen molar-refractivity contribution in [2.24, 2.45) is 4.99 Å². The van der Waals surface area contributed by atoms with Crippen molar-refractivity contribution >= 4 is 35.8 Å². The van der Waals surface area contributed by atoms with Gasteiger partial charge in [-0.2, -0.15) is 0 Å². The van der Waals surface area contributed by atoms with Gasteiger partial charge in [0.15, 0.2) is 5.96 Å². The molecule has 6 nitrogen and oxygen atoms in total. The molecular weight excluding hydrogens is 453 g/mol. The number of nitrogens with one attached hydrogen (secondary N) is 2. The Morgan fingerprint density at radius 1 is 1.19 bits per heavy atom. The van der Waals surface area contributed by atoms with Gasteiger partial charge in [0.25, 0.3) is 0 Å². The van der Waals surface area contributed by atoms with E-state index in [0.29, 0.717) is 13.1 Å². The van der Waals surface area contributed by atoms with Gasteiger partial charge in [-0.05, 0) is 43.7 Å². The first-order chi connectivity index (χ1) is 12.5. The largest absolute Gasteiger partial charge is 0.489 e. The number of aryl methyl sites for hydroxylation is 1. The molecule has 2 N–H and O–H groups in total. The van der Waals surface area contributed by atoms with Gasteiger partial charge in [-0.3, -0.25) is 4.99 Å². The Morgan fingerprint density at radius 3 is 2.59 bits per heavy atom. The minimum absolute atomic E-state index is 0. The SMILES string of the molecule is CN=C(NCc1cccc(N(C)C)n1)NCC(C)Oc1cccc(C)c1.I. The van der Waals surface area contributed by atoms with E-state index in [0.717, 1.165) is 23.2 Å². The molecule has 0 aliphatic carbocycles. The lowest BCUT2D eigenvalue weighted by Crippen LogP contribution is -2.41. The fourth-order valence-corrected chi connectivity index (χ4v) is 2.41. The maximum atomic E-state index is 5.93. The molecule has 27 heavy (non-hydrogen) atoms. The summed E-state index contributed by atoms with van der Waals surface area (Å²) in [5.74, 6) is 2.54. The van der Waals surface area contributed by atoms with E-state index < -0.39 is 0 Å². The van der Waals surface area contributed by atoms with Crippen molar-refractivity contribution in [1.29, 1.82) is 0 Å². The van der Waals surface area contributed by atoms with Crippen LogP contribution in [0.25, 0.3) is 0 Å². The molecule has 2 rings (SSSR count). The number of aliphatic imine (C=N–C) groups is 1. The molecule has 0 spiro atoms. The smallest absolute Gasteiger partial charge is 0.191 e. The van der Waals surface area contributed by atoms with E-state index >= 15 is 0 Å². The van der Waals surface area contributed by atoms with E-state index in [4.69, 9.17) is 4.74 Å². The van der Waals surface area contributed by atoms with Gasteiger partial charge in [0, 0.05) is 21.1 Å². The number of guanidine groups is 1. The van der Waals surface area contributed by atoms with Crippen LogP contribution in [-0.4, -0.2) is 44.7 Å². The molecule has 0 aliphatic heterocycles. The van der Waals surface area contributed by atoms with Crippen LogP contribution >= 0.6 is 24.0 Å². The van der Waals surface area contributed by atoms with Gasteiger partial charge in [0.1, 0.15) is 17.7 Å². The Labute approximate surface area is 179 Å². The molecule has 0 saturated carbocycles. The number of nitrogens with zero attached hydrogens (tertiary/aromatic N) is 3. The molecule has 0 bridgehead atoms. The summed E-state index contributed by atoms with van der Waals surface area (Å²) in [6, 6.07) is 14.1. The van der Waals surface area contributed by atoms with E-state index in [2.05, 4.69) is 33.6 Å². The lowest BCUT2D eigenvalue weighted by molar-refractivity contribution is 0.223. The second-order valence-electron chi connectivity index (χ2n) is 6.43. The highest BCUT2D eigenvalue weighted by molar-refractivity contribution is 14.0. The quantitative estimate of drug-likeness (QED) is 0.360. The van der Waals surface area contributed by atoms with Crippen LogP contribution in [0.2, 0.25) is 0 Å². The molecule has 0 radical (unpaired) electrons. The summed E-state index contributed by atoms with van der Waals surface area (Å²) in [5, 5.41) is 6.57. The van der Waals surface area contributed by atoms with Crippen LogP contribution in [0.1, 0.15) is 18.2 Å². The van der Waals surface area contributed by atoms with Crippen LogP contribution in [0.15, 0.2) is 47.5 Å². The number of anilines is 1. The summed E-state index contributed by atoms with van der Waals surface area (Å²) in [6.07, 6.45) is 0.0190. The molecule has 1 aromatic carbocycles. The molecule has 0 fully saturated rings. The third-order valence-corrected chi connectivity index (χ3v) is 3.79. The number of hydrogen-bond donors (Lipinski definition) is 2. The van der Waals surface area contributed by atoms with E-state index in [1.807, 2.05) is 62.3 Å². The van der Waals surface area contributed by atoms with Crippen molar-refractivity contribution in [2.75, 3.05) is 32.6 Å². The number of halogens is 1. The fourth-order valence-electron chi connectivity index (χ4n) is 2.41. The lowest BCUT2D eigenvalue weighted by Gasteiger charge is -2.18. The summed E-state index contributed by atoms with van der Waals surface area (Å²) in [5.41, 5.74) is 2.15. The second kappa shape index (κ2) is 11.6. The lowest BCUT2D eigenvalue weighted by atomic mass is 10.2. The predicted molar refractivity (Wildman–Crippen MR) is 123 cm³/mol. The van der Waals surface area contributed by atoms with Crippen molar-refractivity contribution < 1.29 is 4.74 Å². The topological polar surface area (TPSA) is 61.8 Å². The van der Waals surface area contributed by atoms with Crippen molar-refractivity contribution in [3.05, 3.63) is 53.7 Å². The summed E-state index contributed by atoms with van der Waals surface area (Å²) >= 11 is 0.